The normalized spacial score (nSPS) is 14.6. The lowest BCUT2D eigenvalue weighted by molar-refractivity contribution is 0.103. The number of rotatable bonds is 5. The van der Waals surface area contributed by atoms with Crippen LogP contribution in [0.1, 0.15) is 46.8 Å². The fourth-order valence-electron chi connectivity index (χ4n) is 3.74. The van der Waals surface area contributed by atoms with Gasteiger partial charge in [0.1, 0.15) is 5.75 Å². The van der Waals surface area contributed by atoms with Gasteiger partial charge < -0.3 is 19.7 Å². The number of fused-ring (bicyclic) bond motifs is 1. The van der Waals surface area contributed by atoms with Gasteiger partial charge in [-0.15, -0.1) is 0 Å². The van der Waals surface area contributed by atoms with E-state index in [0.717, 1.165) is 63.1 Å². The Morgan fingerprint density at radius 2 is 1.84 bits per heavy atom. The minimum Gasteiger partial charge on any atom is -0.436 e. The molecule has 1 aliphatic carbocycles. The largest absolute Gasteiger partial charge is 0.436 e. The van der Waals surface area contributed by atoms with Gasteiger partial charge >= 0.3 is 0 Å². The summed E-state index contributed by atoms with van der Waals surface area (Å²) >= 11 is 0. The molecule has 2 aromatic heterocycles. The molecule has 0 radical (unpaired) electrons. The third-order valence-electron chi connectivity index (χ3n) is 5.25. The van der Waals surface area contributed by atoms with Gasteiger partial charge in [0.25, 0.3) is 5.88 Å². The van der Waals surface area contributed by atoms with Crippen molar-refractivity contribution < 1.29 is 14.6 Å². The molecule has 2 N–H and O–H groups in total. The summed E-state index contributed by atoms with van der Waals surface area (Å²) in [4.78, 5) is 31.3. The molecule has 8 heteroatoms. The Hall–Kier alpha value is -3.52. The van der Waals surface area contributed by atoms with Crippen molar-refractivity contribution in [1.29, 1.82) is 0 Å². The van der Waals surface area contributed by atoms with Crippen LogP contribution in [0.4, 0.5) is 5.82 Å². The number of hydrogen-bond acceptors (Lipinski definition) is 7. The second-order valence-corrected chi connectivity index (χ2v) is 7.23. The molecule has 0 atom stereocenters. The number of carbonyl (C=O) groups is 1. The molecule has 160 valence electrons. The summed E-state index contributed by atoms with van der Waals surface area (Å²) in [7, 11) is 1.00. The van der Waals surface area contributed by atoms with E-state index in [1.54, 1.807) is 36.7 Å². The van der Waals surface area contributed by atoms with Crippen LogP contribution in [-0.2, 0) is 6.42 Å². The van der Waals surface area contributed by atoms with E-state index in [0.29, 0.717) is 23.0 Å². The smallest absolute Gasteiger partial charge is 0.263 e. The van der Waals surface area contributed by atoms with Crippen molar-refractivity contribution in [2.45, 2.75) is 25.7 Å². The van der Waals surface area contributed by atoms with E-state index in [4.69, 9.17) is 9.84 Å². The average Bonchev–Trinajstić information content (AvgIpc) is 3.51. The number of benzene rings is 1. The standard InChI is InChI=1S/C22H21N5O2.CH4O/c28-19(20-25-17-5-1-2-6-18(17)26-20)15-7-9-16(10-8-15)29-22-21(23-11-12-24-22)27-13-3-4-14-27;1-2/h1,5,7-12H,2-4,6,13-14H2,(H,25,26);2H,1H3. The predicted octanol–water partition coefficient (Wildman–Crippen LogP) is 3.39. The maximum Gasteiger partial charge on any atom is 0.263 e. The van der Waals surface area contributed by atoms with E-state index < -0.39 is 0 Å². The average molecular weight is 419 g/mol. The number of anilines is 1. The summed E-state index contributed by atoms with van der Waals surface area (Å²) in [6.45, 7) is 1.93. The molecule has 1 aromatic carbocycles. The Bertz CT molecular complexity index is 1070. The molecule has 31 heavy (non-hydrogen) atoms. The van der Waals surface area contributed by atoms with Crippen molar-refractivity contribution in [3.63, 3.8) is 0 Å². The molecule has 8 nitrogen and oxygen atoms in total. The first-order valence-electron chi connectivity index (χ1n) is 10.4. The first-order chi connectivity index (χ1) is 15.3. The van der Waals surface area contributed by atoms with E-state index in [1.165, 1.54) is 0 Å². The molecule has 0 unspecified atom stereocenters. The van der Waals surface area contributed by atoms with Crippen LogP contribution in [0.25, 0.3) is 6.08 Å². The van der Waals surface area contributed by atoms with Crippen LogP contribution >= 0.6 is 0 Å². The third-order valence-corrected chi connectivity index (χ3v) is 5.25. The number of aliphatic hydroxyl groups excluding tert-OH is 1. The van der Waals surface area contributed by atoms with Crippen molar-refractivity contribution in [2.75, 3.05) is 25.1 Å². The third kappa shape index (κ3) is 4.49. The molecular formula is C23H25N5O3. The van der Waals surface area contributed by atoms with Crippen LogP contribution < -0.4 is 9.64 Å². The number of aliphatic hydroxyl groups is 1. The monoisotopic (exact) mass is 419 g/mol. The number of carbonyl (C=O) groups excluding carboxylic acids is 1. The number of aromatic amines is 1. The molecule has 1 saturated heterocycles. The van der Waals surface area contributed by atoms with Gasteiger partial charge in [-0.05, 0) is 56.0 Å². The molecular weight excluding hydrogens is 394 g/mol. The van der Waals surface area contributed by atoms with E-state index in [2.05, 4.69) is 30.9 Å². The van der Waals surface area contributed by atoms with Crippen molar-refractivity contribution in [2.24, 2.45) is 0 Å². The van der Waals surface area contributed by atoms with Gasteiger partial charge in [-0.3, -0.25) is 4.79 Å². The highest BCUT2D eigenvalue weighted by molar-refractivity contribution is 6.06. The Morgan fingerprint density at radius 1 is 1.10 bits per heavy atom. The molecule has 3 aromatic rings. The quantitative estimate of drug-likeness (QED) is 0.611. The molecule has 1 fully saturated rings. The highest BCUT2D eigenvalue weighted by Crippen LogP contribution is 2.30. The van der Waals surface area contributed by atoms with Gasteiger partial charge in [-0.1, -0.05) is 6.08 Å². The van der Waals surface area contributed by atoms with Gasteiger partial charge in [0.2, 0.25) is 5.78 Å². The Kier molecular flexibility index (Phi) is 6.37. The SMILES string of the molecule is CO.O=C(c1ccc(Oc2nccnc2N2CCCC2)cc1)c1nc2c([nH]1)CCC=C2. The number of aryl methyl sites for hydroxylation is 1. The van der Waals surface area contributed by atoms with Gasteiger partial charge in [-0.2, -0.15) is 0 Å². The topological polar surface area (TPSA) is 104 Å². The molecule has 0 bridgehead atoms. The number of aromatic nitrogens is 4. The number of imidazole rings is 1. The number of nitrogens with one attached hydrogen (secondary N) is 1. The molecule has 2 aliphatic rings. The highest BCUT2D eigenvalue weighted by atomic mass is 16.5. The summed E-state index contributed by atoms with van der Waals surface area (Å²) in [5.41, 5.74) is 2.44. The van der Waals surface area contributed by atoms with E-state index in [-0.39, 0.29) is 5.78 Å². The van der Waals surface area contributed by atoms with Crippen molar-refractivity contribution in [3.05, 3.63) is 65.5 Å². The molecule has 5 rings (SSSR count). The fraction of sp³-hybridized carbons (Fsp3) is 0.304. The Labute approximate surface area is 180 Å². The van der Waals surface area contributed by atoms with Crippen LogP contribution in [-0.4, -0.2) is 51.0 Å². The maximum atomic E-state index is 12.8. The first-order valence-corrected chi connectivity index (χ1v) is 10.4. The summed E-state index contributed by atoms with van der Waals surface area (Å²) < 4.78 is 5.97. The van der Waals surface area contributed by atoms with Crippen LogP contribution in [0, 0.1) is 0 Å². The second kappa shape index (κ2) is 9.53. The number of ketones is 1. The van der Waals surface area contributed by atoms with Crippen LogP contribution in [0.3, 0.4) is 0 Å². The zero-order valence-corrected chi connectivity index (χ0v) is 17.4. The van der Waals surface area contributed by atoms with Crippen LogP contribution in [0.15, 0.2) is 42.7 Å². The minimum absolute atomic E-state index is 0.128. The lowest BCUT2D eigenvalue weighted by Crippen LogP contribution is -2.20. The molecule has 0 spiro atoms. The predicted molar refractivity (Wildman–Crippen MR) is 118 cm³/mol. The van der Waals surface area contributed by atoms with Gasteiger partial charge in [0, 0.05) is 43.9 Å². The number of H-pyrrole nitrogens is 1. The summed E-state index contributed by atoms with van der Waals surface area (Å²) in [6.07, 6.45) is 11.5. The van der Waals surface area contributed by atoms with Crippen molar-refractivity contribution in [1.82, 2.24) is 19.9 Å². The van der Waals surface area contributed by atoms with Gasteiger partial charge in [0.05, 0.1) is 5.69 Å². The maximum absolute atomic E-state index is 12.8. The molecule has 0 saturated carbocycles. The number of hydrogen-bond donors (Lipinski definition) is 2. The molecule has 3 heterocycles. The number of nitrogens with zero attached hydrogens (tertiary/aromatic N) is 4. The van der Waals surface area contributed by atoms with Crippen LogP contribution in [0.2, 0.25) is 0 Å². The van der Waals surface area contributed by atoms with E-state index in [9.17, 15) is 4.79 Å². The minimum atomic E-state index is -0.128. The van der Waals surface area contributed by atoms with Crippen molar-refractivity contribution in [3.8, 4) is 11.6 Å². The summed E-state index contributed by atoms with van der Waals surface area (Å²) in [6, 6.07) is 7.05. The lowest BCUT2D eigenvalue weighted by atomic mass is 10.1. The first kappa shape index (κ1) is 20.7. The zero-order valence-electron chi connectivity index (χ0n) is 17.4. The lowest BCUT2D eigenvalue weighted by Gasteiger charge is -2.18. The summed E-state index contributed by atoms with van der Waals surface area (Å²) in [5.74, 6) is 2.11. The van der Waals surface area contributed by atoms with E-state index >= 15 is 0 Å². The summed E-state index contributed by atoms with van der Waals surface area (Å²) in [5, 5.41) is 7.00. The molecule has 0 amide bonds. The Balaban J connectivity index is 0.00000112. The van der Waals surface area contributed by atoms with Gasteiger partial charge in [0.15, 0.2) is 11.6 Å². The fourth-order valence-corrected chi connectivity index (χ4v) is 3.74. The number of allylic oxidation sites excluding steroid dienone is 1. The number of ether oxygens (including phenoxy) is 1. The Morgan fingerprint density at radius 3 is 2.58 bits per heavy atom. The van der Waals surface area contributed by atoms with Crippen LogP contribution in [0.5, 0.6) is 11.6 Å². The molecule has 1 aliphatic heterocycles. The second-order valence-electron chi connectivity index (χ2n) is 7.23. The van der Waals surface area contributed by atoms with Crippen molar-refractivity contribution >= 4 is 17.7 Å². The van der Waals surface area contributed by atoms with Gasteiger partial charge in [-0.25, -0.2) is 15.0 Å². The highest BCUT2D eigenvalue weighted by Gasteiger charge is 2.20. The zero-order chi connectivity index (χ0) is 21.6. The van der Waals surface area contributed by atoms with E-state index in [1.807, 2.05) is 6.08 Å².